The predicted octanol–water partition coefficient (Wildman–Crippen LogP) is 2.57. The van der Waals surface area contributed by atoms with Gasteiger partial charge in [0.2, 0.25) is 0 Å². The number of nitrogens with zero attached hydrogens (tertiary/aromatic N) is 2. The van der Waals surface area contributed by atoms with Crippen molar-refractivity contribution < 1.29 is 10.0 Å². The summed E-state index contributed by atoms with van der Waals surface area (Å²) >= 11 is 0. The number of aliphatic hydroxyl groups is 1. The molecule has 1 aromatic carbocycles. The zero-order valence-corrected chi connectivity index (χ0v) is 11.1. The number of hydrogen-bond donors (Lipinski definition) is 1. The lowest BCUT2D eigenvalue weighted by atomic mass is 10.1. The first kappa shape index (κ1) is 14.4. The van der Waals surface area contributed by atoms with Crippen molar-refractivity contribution in [2.75, 3.05) is 18.5 Å². The molecule has 0 amide bonds. The maximum atomic E-state index is 10.8. The molecule has 1 unspecified atom stereocenters. The number of nitro benzene ring substituents is 1. The highest BCUT2D eigenvalue weighted by Crippen LogP contribution is 2.25. The van der Waals surface area contributed by atoms with Gasteiger partial charge in [0.1, 0.15) is 0 Å². The van der Waals surface area contributed by atoms with Crippen molar-refractivity contribution in [3.05, 3.63) is 33.9 Å². The fourth-order valence-electron chi connectivity index (χ4n) is 1.82. The lowest BCUT2D eigenvalue weighted by Crippen LogP contribution is -2.23. The van der Waals surface area contributed by atoms with E-state index in [9.17, 15) is 15.2 Å². The van der Waals surface area contributed by atoms with Gasteiger partial charge in [-0.2, -0.15) is 0 Å². The molecule has 0 radical (unpaired) electrons. The molecule has 1 atom stereocenters. The predicted molar refractivity (Wildman–Crippen MR) is 71.7 cm³/mol. The summed E-state index contributed by atoms with van der Waals surface area (Å²) in [5.74, 6) is 0.558. The molecule has 0 bridgehead atoms. The van der Waals surface area contributed by atoms with E-state index in [-0.39, 0.29) is 12.3 Å². The van der Waals surface area contributed by atoms with Gasteiger partial charge in [-0.25, -0.2) is 0 Å². The molecule has 100 valence electrons. The molecular formula is C13H20N2O3. The summed E-state index contributed by atoms with van der Waals surface area (Å²) in [6, 6.07) is 4.86. The quantitative estimate of drug-likeness (QED) is 0.624. The van der Waals surface area contributed by atoms with Gasteiger partial charge in [-0.3, -0.25) is 10.1 Å². The highest BCUT2D eigenvalue weighted by atomic mass is 16.6. The van der Waals surface area contributed by atoms with Gasteiger partial charge in [-0.15, -0.1) is 0 Å². The van der Waals surface area contributed by atoms with Crippen molar-refractivity contribution in [2.45, 2.75) is 26.9 Å². The van der Waals surface area contributed by atoms with E-state index < -0.39 is 4.92 Å². The van der Waals surface area contributed by atoms with E-state index in [1.165, 1.54) is 6.07 Å². The lowest BCUT2D eigenvalue weighted by Gasteiger charge is -2.23. The first-order valence-electron chi connectivity index (χ1n) is 6.08. The van der Waals surface area contributed by atoms with Gasteiger partial charge < -0.3 is 10.0 Å². The van der Waals surface area contributed by atoms with E-state index in [1.807, 2.05) is 7.05 Å². The molecule has 0 spiro atoms. The molecule has 0 saturated heterocycles. The Balaban J connectivity index is 2.94. The minimum Gasteiger partial charge on any atom is -0.391 e. The van der Waals surface area contributed by atoms with Gasteiger partial charge in [0.15, 0.2) is 0 Å². The molecule has 5 heteroatoms. The first-order chi connectivity index (χ1) is 8.49. The topological polar surface area (TPSA) is 66.6 Å². The molecule has 5 nitrogen and oxygen atoms in total. The smallest absolute Gasteiger partial charge is 0.275 e. The molecule has 0 saturated carbocycles. The molecule has 0 aliphatic heterocycles. The average Bonchev–Trinajstić information content (AvgIpc) is 2.37. The molecule has 0 fully saturated rings. The lowest BCUT2D eigenvalue weighted by molar-refractivity contribution is -0.385. The minimum absolute atomic E-state index is 0.0295. The first-order valence-corrected chi connectivity index (χ1v) is 6.08. The SMILES string of the molecule is CCC(C)CN(C)c1ccc([N+](=O)[O-])c(CO)c1. The van der Waals surface area contributed by atoms with E-state index in [1.54, 1.807) is 12.1 Å². The molecule has 18 heavy (non-hydrogen) atoms. The number of rotatable bonds is 6. The van der Waals surface area contributed by atoms with Crippen LogP contribution in [0.1, 0.15) is 25.8 Å². The summed E-state index contributed by atoms with van der Waals surface area (Å²) in [4.78, 5) is 12.4. The summed E-state index contributed by atoms with van der Waals surface area (Å²) in [6.45, 7) is 4.86. The van der Waals surface area contributed by atoms with Gasteiger partial charge in [0, 0.05) is 25.3 Å². The van der Waals surface area contributed by atoms with Crippen LogP contribution in [0.25, 0.3) is 0 Å². The van der Waals surface area contributed by atoms with Crippen molar-refractivity contribution in [3.63, 3.8) is 0 Å². The Morgan fingerprint density at radius 1 is 1.50 bits per heavy atom. The molecule has 1 rings (SSSR count). The van der Waals surface area contributed by atoms with Crippen LogP contribution in [0.2, 0.25) is 0 Å². The fraction of sp³-hybridized carbons (Fsp3) is 0.538. The fourth-order valence-corrected chi connectivity index (χ4v) is 1.82. The van der Waals surface area contributed by atoms with Crippen LogP contribution >= 0.6 is 0 Å². The second-order valence-electron chi connectivity index (χ2n) is 4.62. The summed E-state index contributed by atoms with van der Waals surface area (Å²) in [5.41, 5.74) is 1.22. The van der Waals surface area contributed by atoms with Crippen LogP contribution in [-0.4, -0.2) is 23.6 Å². The maximum Gasteiger partial charge on any atom is 0.275 e. The normalized spacial score (nSPS) is 12.2. The van der Waals surface area contributed by atoms with E-state index in [4.69, 9.17) is 0 Å². The molecule has 0 aliphatic rings. The second-order valence-corrected chi connectivity index (χ2v) is 4.62. The zero-order valence-electron chi connectivity index (χ0n) is 11.1. The van der Waals surface area contributed by atoms with Gasteiger partial charge in [-0.1, -0.05) is 20.3 Å². The maximum absolute atomic E-state index is 10.8. The Bertz CT molecular complexity index is 421. The summed E-state index contributed by atoms with van der Waals surface area (Å²) in [7, 11) is 1.95. The number of aliphatic hydroxyl groups excluding tert-OH is 1. The minimum atomic E-state index is -0.468. The van der Waals surface area contributed by atoms with E-state index >= 15 is 0 Å². The van der Waals surface area contributed by atoms with Crippen molar-refractivity contribution in [2.24, 2.45) is 5.92 Å². The van der Waals surface area contributed by atoms with Crippen LogP contribution in [0.3, 0.4) is 0 Å². The van der Waals surface area contributed by atoms with Gasteiger partial charge >= 0.3 is 0 Å². The van der Waals surface area contributed by atoms with Crippen LogP contribution in [0.4, 0.5) is 11.4 Å². The molecule has 0 aromatic heterocycles. The van der Waals surface area contributed by atoms with E-state index in [0.717, 1.165) is 18.7 Å². The highest BCUT2D eigenvalue weighted by molar-refractivity contribution is 5.55. The Hall–Kier alpha value is -1.62. The third kappa shape index (κ3) is 3.43. The van der Waals surface area contributed by atoms with Crippen LogP contribution < -0.4 is 4.90 Å². The molecular weight excluding hydrogens is 232 g/mol. The van der Waals surface area contributed by atoms with Gasteiger partial charge in [0.05, 0.1) is 17.1 Å². The molecule has 0 aliphatic carbocycles. The Labute approximate surface area is 107 Å². The number of nitro groups is 1. The van der Waals surface area contributed by atoms with Gasteiger partial charge in [-0.05, 0) is 18.1 Å². The monoisotopic (exact) mass is 252 g/mol. The van der Waals surface area contributed by atoms with Crippen LogP contribution in [0, 0.1) is 16.0 Å². The Kier molecular flexibility index (Phi) is 5.09. The highest BCUT2D eigenvalue weighted by Gasteiger charge is 2.15. The largest absolute Gasteiger partial charge is 0.391 e. The number of hydrogen-bond acceptors (Lipinski definition) is 4. The second kappa shape index (κ2) is 6.35. The van der Waals surface area contributed by atoms with E-state index in [0.29, 0.717) is 11.5 Å². The van der Waals surface area contributed by atoms with E-state index in [2.05, 4.69) is 18.7 Å². The Morgan fingerprint density at radius 2 is 2.17 bits per heavy atom. The van der Waals surface area contributed by atoms with Crippen molar-refractivity contribution in [1.29, 1.82) is 0 Å². The van der Waals surface area contributed by atoms with Crippen LogP contribution in [-0.2, 0) is 6.61 Å². The third-order valence-corrected chi connectivity index (χ3v) is 3.15. The number of benzene rings is 1. The molecule has 1 N–H and O–H groups in total. The Morgan fingerprint density at radius 3 is 2.67 bits per heavy atom. The third-order valence-electron chi connectivity index (χ3n) is 3.15. The summed E-state index contributed by atoms with van der Waals surface area (Å²) < 4.78 is 0. The van der Waals surface area contributed by atoms with Gasteiger partial charge in [0.25, 0.3) is 5.69 Å². The molecule has 0 heterocycles. The van der Waals surface area contributed by atoms with Crippen LogP contribution in [0.15, 0.2) is 18.2 Å². The standard InChI is InChI=1S/C13H20N2O3/c1-4-10(2)8-14(3)12-5-6-13(15(17)18)11(7-12)9-16/h5-7,10,16H,4,8-9H2,1-3H3. The summed E-state index contributed by atoms with van der Waals surface area (Å²) in [6.07, 6.45) is 1.09. The molecule has 1 aromatic rings. The van der Waals surface area contributed by atoms with Crippen molar-refractivity contribution >= 4 is 11.4 Å². The summed E-state index contributed by atoms with van der Waals surface area (Å²) in [5, 5.41) is 19.9. The average molecular weight is 252 g/mol. The van der Waals surface area contributed by atoms with Crippen LogP contribution in [0.5, 0.6) is 0 Å². The van der Waals surface area contributed by atoms with Crippen molar-refractivity contribution in [3.8, 4) is 0 Å². The number of anilines is 1. The van der Waals surface area contributed by atoms with Crippen molar-refractivity contribution in [1.82, 2.24) is 0 Å². The zero-order chi connectivity index (χ0) is 13.7.